The smallest absolute Gasteiger partial charge is 0.250 e. The average molecular weight is 274 g/mol. The highest BCUT2D eigenvalue weighted by Crippen LogP contribution is 2.36. The molecule has 2 rings (SSSR count). The topological polar surface area (TPSA) is 41.6 Å². The molecule has 1 N–H and O–H groups in total. The largest absolute Gasteiger partial charge is 0.493 e. The van der Waals surface area contributed by atoms with Gasteiger partial charge in [0.05, 0.1) is 17.7 Å². The highest BCUT2D eigenvalue weighted by Gasteiger charge is 2.42. The Kier molecular flexibility index (Phi) is 3.75. The maximum absolute atomic E-state index is 11.9. The number of carbonyl (C=O) groups excluding carboxylic acids is 1. The van der Waals surface area contributed by atoms with Crippen LogP contribution in [-0.2, 0) is 4.79 Å². The van der Waals surface area contributed by atoms with Gasteiger partial charge in [-0.05, 0) is 31.9 Å². The number of hydrogen-bond donors (Lipinski definition) is 1. The first kappa shape index (κ1) is 14.4. The molecule has 1 fully saturated rings. The Morgan fingerprint density at radius 3 is 2.65 bits per heavy atom. The fraction of sp³-hybridized carbons (Fsp3) is 0.438. The van der Waals surface area contributed by atoms with Crippen LogP contribution in [0.1, 0.15) is 27.7 Å². The zero-order chi connectivity index (χ0) is 14.9. The lowest BCUT2D eigenvalue weighted by molar-refractivity contribution is -0.125. The highest BCUT2D eigenvalue weighted by molar-refractivity contribution is 5.92. The monoisotopic (exact) mass is 274 g/mol. The standard InChI is InChI=1S/C16H22N2O2/c1-11(2)10-20-14-8-6-7-13(9-14)18-12(3)16(4,5)15(19)17-18/h6-9,11H,3,10H2,1-2,4-5H3,(H,17,19). The molecule has 1 amide bonds. The zero-order valence-corrected chi connectivity index (χ0v) is 12.6. The van der Waals surface area contributed by atoms with Crippen LogP contribution in [0.3, 0.4) is 0 Å². The molecule has 0 aliphatic carbocycles. The molecule has 0 aromatic heterocycles. The number of hydrazine groups is 1. The summed E-state index contributed by atoms with van der Waals surface area (Å²) < 4.78 is 5.71. The third-order valence-electron chi connectivity index (χ3n) is 3.43. The predicted molar refractivity (Wildman–Crippen MR) is 80.3 cm³/mol. The molecule has 0 atom stereocenters. The van der Waals surface area contributed by atoms with Crippen LogP contribution in [0, 0.1) is 11.3 Å². The second-order valence-corrected chi connectivity index (χ2v) is 6.05. The number of rotatable bonds is 4. The van der Waals surface area contributed by atoms with Crippen LogP contribution in [0.2, 0.25) is 0 Å². The minimum Gasteiger partial charge on any atom is -0.493 e. The summed E-state index contributed by atoms with van der Waals surface area (Å²) in [5.41, 5.74) is 3.85. The molecule has 1 heterocycles. The molecule has 20 heavy (non-hydrogen) atoms. The summed E-state index contributed by atoms with van der Waals surface area (Å²) in [4.78, 5) is 11.9. The molecule has 108 valence electrons. The number of ether oxygens (including phenoxy) is 1. The van der Waals surface area contributed by atoms with E-state index in [1.165, 1.54) is 0 Å². The molecule has 1 saturated heterocycles. The van der Waals surface area contributed by atoms with Gasteiger partial charge in [-0.2, -0.15) is 0 Å². The maximum atomic E-state index is 11.9. The van der Waals surface area contributed by atoms with Crippen molar-refractivity contribution in [2.75, 3.05) is 11.6 Å². The van der Waals surface area contributed by atoms with Crippen molar-refractivity contribution < 1.29 is 9.53 Å². The number of anilines is 1. The van der Waals surface area contributed by atoms with Gasteiger partial charge in [0.15, 0.2) is 0 Å². The number of carbonyl (C=O) groups is 1. The Labute approximate surface area is 120 Å². The average Bonchev–Trinajstić information content (AvgIpc) is 2.60. The number of nitrogens with one attached hydrogen (secondary N) is 1. The number of nitrogens with zero attached hydrogens (tertiary/aromatic N) is 1. The van der Waals surface area contributed by atoms with Crippen LogP contribution in [0.4, 0.5) is 5.69 Å². The van der Waals surface area contributed by atoms with E-state index in [0.717, 1.165) is 17.1 Å². The SMILES string of the molecule is C=C1N(c2cccc(OCC(C)C)c2)NC(=O)C1(C)C. The van der Waals surface area contributed by atoms with Gasteiger partial charge in [-0.3, -0.25) is 15.2 Å². The Balaban J connectivity index is 2.20. The van der Waals surface area contributed by atoms with E-state index in [2.05, 4.69) is 25.9 Å². The molecule has 1 aliphatic rings. The molecule has 0 radical (unpaired) electrons. The lowest BCUT2D eigenvalue weighted by atomic mass is 9.90. The fourth-order valence-electron chi connectivity index (χ4n) is 1.92. The van der Waals surface area contributed by atoms with Crippen molar-refractivity contribution in [3.63, 3.8) is 0 Å². The molecule has 1 aromatic carbocycles. The molecular formula is C16H22N2O2. The van der Waals surface area contributed by atoms with Crippen LogP contribution in [0.15, 0.2) is 36.5 Å². The third kappa shape index (κ3) is 2.64. The summed E-state index contributed by atoms with van der Waals surface area (Å²) in [6.07, 6.45) is 0. The molecule has 4 heteroatoms. The summed E-state index contributed by atoms with van der Waals surface area (Å²) >= 11 is 0. The van der Waals surface area contributed by atoms with Gasteiger partial charge < -0.3 is 4.74 Å². The van der Waals surface area contributed by atoms with Crippen molar-refractivity contribution in [1.29, 1.82) is 0 Å². The van der Waals surface area contributed by atoms with E-state index < -0.39 is 5.41 Å². The van der Waals surface area contributed by atoms with Crippen LogP contribution >= 0.6 is 0 Å². The second kappa shape index (κ2) is 5.19. The first-order valence-electron chi connectivity index (χ1n) is 6.86. The van der Waals surface area contributed by atoms with Gasteiger partial charge in [0.25, 0.3) is 0 Å². The summed E-state index contributed by atoms with van der Waals surface area (Å²) in [5, 5.41) is 1.73. The third-order valence-corrected chi connectivity index (χ3v) is 3.43. The summed E-state index contributed by atoms with van der Waals surface area (Å²) in [6, 6.07) is 7.66. The van der Waals surface area contributed by atoms with Crippen LogP contribution in [-0.4, -0.2) is 12.5 Å². The lowest BCUT2D eigenvalue weighted by Crippen LogP contribution is -2.32. The number of amides is 1. The molecule has 1 aromatic rings. The molecule has 0 bridgehead atoms. The molecule has 0 spiro atoms. The van der Waals surface area contributed by atoms with E-state index in [1.54, 1.807) is 5.01 Å². The first-order chi connectivity index (χ1) is 9.32. The van der Waals surface area contributed by atoms with E-state index >= 15 is 0 Å². The summed E-state index contributed by atoms with van der Waals surface area (Å²) in [5.74, 6) is 1.22. The molecule has 0 saturated carbocycles. The van der Waals surface area contributed by atoms with Crippen molar-refractivity contribution in [1.82, 2.24) is 5.43 Å². The van der Waals surface area contributed by atoms with E-state index in [4.69, 9.17) is 4.74 Å². The van der Waals surface area contributed by atoms with Gasteiger partial charge in [0, 0.05) is 11.8 Å². The number of benzene rings is 1. The van der Waals surface area contributed by atoms with Crippen LogP contribution < -0.4 is 15.2 Å². The van der Waals surface area contributed by atoms with E-state index in [0.29, 0.717) is 12.5 Å². The van der Waals surface area contributed by atoms with E-state index in [-0.39, 0.29) is 5.91 Å². The second-order valence-electron chi connectivity index (χ2n) is 6.05. The molecule has 0 unspecified atom stereocenters. The van der Waals surface area contributed by atoms with Crippen molar-refractivity contribution >= 4 is 11.6 Å². The summed E-state index contributed by atoms with van der Waals surface area (Å²) in [7, 11) is 0. The number of hydrogen-bond acceptors (Lipinski definition) is 3. The normalized spacial score (nSPS) is 17.6. The highest BCUT2D eigenvalue weighted by atomic mass is 16.5. The van der Waals surface area contributed by atoms with Crippen LogP contribution in [0.25, 0.3) is 0 Å². The molecule has 4 nitrogen and oxygen atoms in total. The molecular weight excluding hydrogens is 252 g/mol. The van der Waals surface area contributed by atoms with Gasteiger partial charge in [-0.25, -0.2) is 0 Å². The minimum absolute atomic E-state index is 0.0454. The van der Waals surface area contributed by atoms with Crippen molar-refractivity contribution in [2.24, 2.45) is 11.3 Å². The van der Waals surface area contributed by atoms with Crippen LogP contribution in [0.5, 0.6) is 5.75 Å². The molecule has 1 aliphatic heterocycles. The Hall–Kier alpha value is -1.97. The van der Waals surface area contributed by atoms with Crippen molar-refractivity contribution in [2.45, 2.75) is 27.7 Å². The van der Waals surface area contributed by atoms with Gasteiger partial charge >= 0.3 is 0 Å². The van der Waals surface area contributed by atoms with Gasteiger partial charge in [0.2, 0.25) is 5.91 Å². The van der Waals surface area contributed by atoms with Crippen molar-refractivity contribution in [3.05, 3.63) is 36.5 Å². The van der Waals surface area contributed by atoms with E-state index in [1.807, 2.05) is 38.1 Å². The van der Waals surface area contributed by atoms with Gasteiger partial charge in [-0.15, -0.1) is 0 Å². The quantitative estimate of drug-likeness (QED) is 0.917. The van der Waals surface area contributed by atoms with Crippen molar-refractivity contribution in [3.8, 4) is 5.75 Å². The minimum atomic E-state index is -0.588. The first-order valence-corrected chi connectivity index (χ1v) is 6.86. The zero-order valence-electron chi connectivity index (χ0n) is 12.6. The maximum Gasteiger partial charge on any atom is 0.250 e. The Bertz CT molecular complexity index is 535. The Morgan fingerprint density at radius 2 is 2.10 bits per heavy atom. The summed E-state index contributed by atoms with van der Waals surface area (Å²) in [6.45, 7) is 12.6. The fourth-order valence-corrected chi connectivity index (χ4v) is 1.92. The lowest BCUT2D eigenvalue weighted by Gasteiger charge is -2.22. The Morgan fingerprint density at radius 1 is 1.40 bits per heavy atom. The predicted octanol–water partition coefficient (Wildman–Crippen LogP) is 3.11. The van der Waals surface area contributed by atoms with E-state index in [9.17, 15) is 4.79 Å². The van der Waals surface area contributed by atoms with Gasteiger partial charge in [0.1, 0.15) is 5.75 Å². The van der Waals surface area contributed by atoms with Gasteiger partial charge in [-0.1, -0.05) is 26.5 Å².